The lowest BCUT2D eigenvalue weighted by molar-refractivity contribution is 0.321. The van der Waals surface area contributed by atoms with Crippen LogP contribution in [0.2, 0.25) is 0 Å². The third kappa shape index (κ3) is 3.98. The summed E-state index contributed by atoms with van der Waals surface area (Å²) in [5, 5.41) is 4.53. The zero-order chi connectivity index (χ0) is 17.9. The predicted octanol–water partition coefficient (Wildman–Crippen LogP) is 3.67. The third-order valence-electron chi connectivity index (χ3n) is 6.36. The Morgan fingerprint density at radius 3 is 2.54 bits per heavy atom. The molecule has 2 aliphatic carbocycles. The first-order valence-corrected chi connectivity index (χ1v) is 10.3. The zero-order valence-electron chi connectivity index (χ0n) is 15.9. The highest BCUT2D eigenvalue weighted by molar-refractivity contribution is 5.61. The maximum atomic E-state index is 6.04. The second kappa shape index (κ2) is 7.87. The molecule has 0 radical (unpaired) electrons. The van der Waals surface area contributed by atoms with Gasteiger partial charge in [-0.1, -0.05) is 25.7 Å². The van der Waals surface area contributed by atoms with Gasteiger partial charge in [-0.2, -0.15) is 5.10 Å². The molecule has 5 nitrogen and oxygen atoms in total. The van der Waals surface area contributed by atoms with E-state index in [0.717, 1.165) is 43.1 Å². The molecular weight excluding hydrogens is 322 g/mol. The maximum Gasteiger partial charge on any atom is 0.129 e. The van der Waals surface area contributed by atoms with Crippen molar-refractivity contribution in [1.29, 1.82) is 0 Å². The van der Waals surface area contributed by atoms with Crippen molar-refractivity contribution in [2.24, 2.45) is 24.6 Å². The highest BCUT2D eigenvalue weighted by Gasteiger charge is 2.22. The summed E-state index contributed by atoms with van der Waals surface area (Å²) in [6, 6.07) is 2.43. The molecule has 0 bridgehead atoms. The van der Waals surface area contributed by atoms with E-state index in [1.807, 2.05) is 23.1 Å². The van der Waals surface area contributed by atoms with E-state index in [0.29, 0.717) is 12.0 Å². The molecule has 5 heteroatoms. The van der Waals surface area contributed by atoms with Crippen LogP contribution >= 0.6 is 0 Å². The molecular formula is C21H31N5. The van der Waals surface area contributed by atoms with Crippen LogP contribution < -0.4 is 5.73 Å². The van der Waals surface area contributed by atoms with Crippen molar-refractivity contribution in [1.82, 2.24) is 19.7 Å². The van der Waals surface area contributed by atoms with Crippen LogP contribution in [-0.4, -0.2) is 25.8 Å². The van der Waals surface area contributed by atoms with Gasteiger partial charge in [0, 0.05) is 37.0 Å². The molecule has 2 aromatic rings. The van der Waals surface area contributed by atoms with Crippen LogP contribution in [-0.2, 0) is 19.9 Å². The van der Waals surface area contributed by atoms with Gasteiger partial charge in [-0.25, -0.2) is 9.97 Å². The highest BCUT2D eigenvalue weighted by atomic mass is 15.3. The van der Waals surface area contributed by atoms with Crippen molar-refractivity contribution in [2.45, 2.75) is 70.3 Å². The number of hydrogen-bond acceptors (Lipinski definition) is 4. The number of rotatable bonds is 5. The molecule has 2 aliphatic rings. The molecule has 2 aromatic heterocycles. The summed E-state index contributed by atoms with van der Waals surface area (Å²) < 4.78 is 2.04. The Balaban J connectivity index is 1.51. The minimum atomic E-state index is 0.395. The minimum Gasteiger partial charge on any atom is -0.328 e. The molecule has 0 saturated heterocycles. The predicted molar refractivity (Wildman–Crippen MR) is 104 cm³/mol. The van der Waals surface area contributed by atoms with E-state index in [1.165, 1.54) is 49.8 Å². The van der Waals surface area contributed by atoms with Crippen LogP contribution in [0.1, 0.15) is 62.9 Å². The van der Waals surface area contributed by atoms with Gasteiger partial charge in [-0.3, -0.25) is 4.68 Å². The van der Waals surface area contributed by atoms with Gasteiger partial charge >= 0.3 is 0 Å². The molecule has 0 aromatic carbocycles. The number of nitrogens with zero attached hydrogens (tertiary/aromatic N) is 4. The molecule has 0 spiro atoms. The van der Waals surface area contributed by atoms with E-state index < -0.39 is 0 Å². The smallest absolute Gasteiger partial charge is 0.129 e. The van der Waals surface area contributed by atoms with Gasteiger partial charge in [0.2, 0.25) is 0 Å². The molecule has 4 rings (SSSR count). The Bertz CT molecular complexity index is 724. The van der Waals surface area contributed by atoms with E-state index in [9.17, 15) is 0 Å². The summed E-state index contributed by atoms with van der Waals surface area (Å²) >= 11 is 0. The lowest BCUT2D eigenvalue weighted by Crippen LogP contribution is -2.27. The van der Waals surface area contributed by atoms with Crippen LogP contribution in [0.25, 0.3) is 11.3 Å². The summed E-state index contributed by atoms with van der Waals surface area (Å²) in [4.78, 5) is 9.46. The first-order valence-electron chi connectivity index (χ1n) is 10.3. The molecule has 26 heavy (non-hydrogen) atoms. The lowest BCUT2D eigenvalue weighted by Gasteiger charge is -2.25. The quantitative estimate of drug-likeness (QED) is 0.890. The average Bonchev–Trinajstić information content (AvgIpc) is 3.28. The fraction of sp³-hybridized carbons (Fsp3) is 0.667. The van der Waals surface area contributed by atoms with Crippen LogP contribution in [0.15, 0.2) is 18.5 Å². The maximum absolute atomic E-state index is 6.04. The standard InChI is InChI=1S/C21H31N5/c1-26-20(12-15-4-2-3-5-15)18(14-24-26)19-10-11-23-21(25-19)13-16-6-8-17(22)9-7-16/h10-11,14-17H,2-9,12-13,22H2,1H3. The molecule has 140 valence electrons. The average molecular weight is 354 g/mol. The minimum absolute atomic E-state index is 0.395. The molecule has 0 atom stereocenters. The lowest BCUT2D eigenvalue weighted by atomic mass is 9.84. The van der Waals surface area contributed by atoms with Gasteiger partial charge < -0.3 is 5.73 Å². The van der Waals surface area contributed by atoms with Gasteiger partial charge in [0.15, 0.2) is 0 Å². The van der Waals surface area contributed by atoms with E-state index in [1.54, 1.807) is 0 Å². The molecule has 0 aliphatic heterocycles. The van der Waals surface area contributed by atoms with Crippen molar-refractivity contribution >= 4 is 0 Å². The molecule has 0 amide bonds. The second-order valence-electron chi connectivity index (χ2n) is 8.33. The molecule has 0 unspecified atom stereocenters. The van der Waals surface area contributed by atoms with Crippen LogP contribution in [0, 0.1) is 11.8 Å². The molecule has 2 N–H and O–H groups in total. The Kier molecular flexibility index (Phi) is 5.34. The summed E-state index contributed by atoms with van der Waals surface area (Å²) in [6.45, 7) is 0. The number of aryl methyl sites for hydroxylation is 1. The van der Waals surface area contributed by atoms with Gasteiger partial charge in [-0.15, -0.1) is 0 Å². The molecule has 2 heterocycles. The monoisotopic (exact) mass is 353 g/mol. The van der Waals surface area contributed by atoms with Crippen LogP contribution in [0.3, 0.4) is 0 Å². The number of hydrogen-bond donors (Lipinski definition) is 1. The third-order valence-corrected chi connectivity index (χ3v) is 6.36. The Labute approximate surface area is 156 Å². The summed E-state index contributed by atoms with van der Waals surface area (Å²) in [5.74, 6) is 2.45. The Morgan fingerprint density at radius 1 is 1.04 bits per heavy atom. The fourth-order valence-corrected chi connectivity index (χ4v) is 4.70. The zero-order valence-corrected chi connectivity index (χ0v) is 15.9. The molecule has 2 fully saturated rings. The van der Waals surface area contributed by atoms with Gasteiger partial charge in [-0.05, 0) is 50.0 Å². The van der Waals surface area contributed by atoms with Crippen LogP contribution in [0.5, 0.6) is 0 Å². The van der Waals surface area contributed by atoms with E-state index in [4.69, 9.17) is 10.7 Å². The van der Waals surface area contributed by atoms with Crippen molar-refractivity contribution in [3.05, 3.63) is 30.0 Å². The summed E-state index contributed by atoms with van der Waals surface area (Å²) in [6.07, 6.45) is 16.1. The van der Waals surface area contributed by atoms with Crippen molar-refractivity contribution in [3.63, 3.8) is 0 Å². The molecule has 2 saturated carbocycles. The van der Waals surface area contributed by atoms with Crippen LogP contribution in [0.4, 0.5) is 0 Å². The second-order valence-corrected chi connectivity index (χ2v) is 8.33. The van der Waals surface area contributed by atoms with E-state index in [2.05, 4.69) is 17.1 Å². The SMILES string of the molecule is Cn1ncc(-c2ccnc(CC3CCC(N)CC3)n2)c1CC1CCCC1. The van der Waals surface area contributed by atoms with Crippen molar-refractivity contribution in [3.8, 4) is 11.3 Å². The fourth-order valence-electron chi connectivity index (χ4n) is 4.70. The number of aromatic nitrogens is 4. The van der Waals surface area contributed by atoms with Crippen molar-refractivity contribution in [2.75, 3.05) is 0 Å². The van der Waals surface area contributed by atoms with Gasteiger partial charge in [0.1, 0.15) is 5.82 Å². The Hall–Kier alpha value is -1.75. The summed E-state index contributed by atoms with van der Waals surface area (Å²) in [7, 11) is 2.06. The van der Waals surface area contributed by atoms with E-state index in [-0.39, 0.29) is 0 Å². The topological polar surface area (TPSA) is 69.6 Å². The van der Waals surface area contributed by atoms with Gasteiger partial charge in [0.25, 0.3) is 0 Å². The summed E-state index contributed by atoms with van der Waals surface area (Å²) in [5.41, 5.74) is 9.58. The first-order chi connectivity index (χ1) is 12.7. The van der Waals surface area contributed by atoms with Gasteiger partial charge in [0.05, 0.1) is 11.9 Å². The first kappa shape index (κ1) is 17.7. The largest absolute Gasteiger partial charge is 0.328 e. The van der Waals surface area contributed by atoms with Crippen molar-refractivity contribution < 1.29 is 0 Å². The van der Waals surface area contributed by atoms with E-state index >= 15 is 0 Å². The highest BCUT2D eigenvalue weighted by Crippen LogP contribution is 2.32. The number of nitrogens with two attached hydrogens (primary N) is 1. The Morgan fingerprint density at radius 2 is 1.77 bits per heavy atom. The normalized spacial score (nSPS) is 24.2.